The highest BCUT2D eigenvalue weighted by Gasteiger charge is 2.40. The summed E-state index contributed by atoms with van der Waals surface area (Å²) in [6, 6.07) is 9.53. The molecular weight excluding hydrogens is 276 g/mol. The van der Waals surface area contributed by atoms with E-state index in [1.54, 1.807) is 12.1 Å². The number of hydrogen-bond donors (Lipinski definition) is 2. The van der Waals surface area contributed by atoms with Gasteiger partial charge in [0.2, 0.25) is 0 Å². The average molecular weight is 296 g/mol. The molecule has 1 unspecified atom stereocenters. The van der Waals surface area contributed by atoms with Crippen LogP contribution >= 0.6 is 0 Å². The smallest absolute Gasteiger partial charge is 0.137 e. The highest BCUT2D eigenvalue weighted by Crippen LogP contribution is 2.41. The lowest BCUT2D eigenvalue weighted by molar-refractivity contribution is 0.00651. The molecule has 1 aromatic carbocycles. The number of aromatic amines is 1. The summed E-state index contributed by atoms with van der Waals surface area (Å²) < 4.78 is 0. The Bertz CT molecular complexity index is 634. The maximum atomic E-state index is 11.3. The quantitative estimate of drug-likeness (QED) is 0.853. The second kappa shape index (κ2) is 6.29. The van der Waals surface area contributed by atoms with Crippen LogP contribution in [0, 0.1) is 11.3 Å². The van der Waals surface area contributed by atoms with Crippen molar-refractivity contribution in [3.05, 3.63) is 47.5 Å². The molecule has 0 radical (unpaired) electrons. The van der Waals surface area contributed by atoms with Crippen LogP contribution in [-0.4, -0.2) is 25.9 Å². The second-order valence-corrected chi connectivity index (χ2v) is 6.06. The maximum absolute atomic E-state index is 11.3. The summed E-state index contributed by atoms with van der Waals surface area (Å²) in [6.07, 6.45) is 7.38. The largest absolute Gasteiger partial charge is 0.389 e. The van der Waals surface area contributed by atoms with Gasteiger partial charge in [-0.3, -0.25) is 5.10 Å². The van der Waals surface area contributed by atoms with E-state index in [1.165, 1.54) is 19.2 Å². The van der Waals surface area contributed by atoms with Gasteiger partial charge >= 0.3 is 0 Å². The van der Waals surface area contributed by atoms with Crippen molar-refractivity contribution in [2.75, 3.05) is 0 Å². The molecule has 2 aromatic rings. The number of aromatic nitrogens is 3. The standard InChI is InChI=1S/C17H20N4O/c18-11-13-5-7-14(8-6-13)15(16-19-12-20-21-16)17(22)9-3-1-2-4-10-17/h5-8,12,15,22H,1-4,9-10H2,(H,19,20,21). The van der Waals surface area contributed by atoms with Crippen molar-refractivity contribution in [2.24, 2.45) is 0 Å². The topological polar surface area (TPSA) is 85.6 Å². The van der Waals surface area contributed by atoms with Gasteiger partial charge in [0.15, 0.2) is 0 Å². The van der Waals surface area contributed by atoms with Gasteiger partial charge in [-0.1, -0.05) is 37.8 Å². The molecule has 2 N–H and O–H groups in total. The first-order chi connectivity index (χ1) is 10.7. The van der Waals surface area contributed by atoms with E-state index in [-0.39, 0.29) is 5.92 Å². The van der Waals surface area contributed by atoms with Crippen molar-refractivity contribution < 1.29 is 5.11 Å². The summed E-state index contributed by atoms with van der Waals surface area (Å²) in [5.41, 5.74) is 0.776. The normalized spacial score (nSPS) is 19.1. The highest BCUT2D eigenvalue weighted by molar-refractivity contribution is 5.36. The minimum Gasteiger partial charge on any atom is -0.389 e. The Hall–Kier alpha value is -2.19. The van der Waals surface area contributed by atoms with Crippen LogP contribution in [-0.2, 0) is 0 Å². The van der Waals surface area contributed by atoms with Crippen LogP contribution in [0.25, 0.3) is 0 Å². The minimum absolute atomic E-state index is 0.235. The molecule has 1 aliphatic rings. The van der Waals surface area contributed by atoms with Crippen LogP contribution < -0.4 is 0 Å². The van der Waals surface area contributed by atoms with Gasteiger partial charge in [-0.25, -0.2) is 4.98 Å². The van der Waals surface area contributed by atoms with E-state index in [0.29, 0.717) is 11.4 Å². The zero-order valence-electron chi connectivity index (χ0n) is 12.5. The summed E-state index contributed by atoms with van der Waals surface area (Å²) in [5, 5.41) is 27.1. The monoisotopic (exact) mass is 296 g/mol. The fourth-order valence-electron chi connectivity index (χ4n) is 3.46. The van der Waals surface area contributed by atoms with Gasteiger partial charge in [0.1, 0.15) is 12.2 Å². The number of nitrogens with zero attached hydrogens (tertiary/aromatic N) is 3. The summed E-state index contributed by atoms with van der Waals surface area (Å²) in [5.74, 6) is 0.454. The van der Waals surface area contributed by atoms with E-state index in [0.717, 1.165) is 31.2 Å². The lowest BCUT2D eigenvalue weighted by Crippen LogP contribution is -2.37. The van der Waals surface area contributed by atoms with Gasteiger partial charge in [0.05, 0.1) is 23.2 Å². The molecule has 0 bridgehead atoms. The molecule has 1 saturated carbocycles. The van der Waals surface area contributed by atoms with Gasteiger partial charge in [0, 0.05) is 0 Å². The Morgan fingerprint density at radius 3 is 2.36 bits per heavy atom. The van der Waals surface area contributed by atoms with Crippen LogP contribution in [0.15, 0.2) is 30.6 Å². The number of rotatable bonds is 3. The molecule has 5 nitrogen and oxygen atoms in total. The number of hydrogen-bond acceptors (Lipinski definition) is 4. The van der Waals surface area contributed by atoms with Crippen LogP contribution in [0.5, 0.6) is 0 Å². The molecule has 1 atom stereocenters. The Balaban J connectivity index is 2.01. The molecule has 0 saturated heterocycles. The fraction of sp³-hybridized carbons (Fsp3) is 0.471. The molecule has 114 valence electrons. The predicted molar refractivity (Wildman–Crippen MR) is 82.0 cm³/mol. The van der Waals surface area contributed by atoms with E-state index in [9.17, 15) is 5.11 Å². The zero-order valence-corrected chi connectivity index (χ0v) is 12.5. The van der Waals surface area contributed by atoms with E-state index in [2.05, 4.69) is 21.3 Å². The molecule has 1 aromatic heterocycles. The Morgan fingerprint density at radius 2 is 1.82 bits per heavy atom. The molecule has 5 heteroatoms. The third kappa shape index (κ3) is 2.88. The Labute approximate surface area is 130 Å². The molecule has 22 heavy (non-hydrogen) atoms. The van der Waals surface area contributed by atoms with Gasteiger partial charge in [-0.2, -0.15) is 10.4 Å². The highest BCUT2D eigenvalue weighted by atomic mass is 16.3. The molecule has 3 rings (SSSR count). The molecule has 1 fully saturated rings. The van der Waals surface area contributed by atoms with Crippen LogP contribution in [0.2, 0.25) is 0 Å². The second-order valence-electron chi connectivity index (χ2n) is 6.06. The molecular formula is C17H20N4O. The van der Waals surface area contributed by atoms with Gasteiger partial charge in [-0.05, 0) is 30.5 Å². The zero-order chi connectivity index (χ0) is 15.4. The van der Waals surface area contributed by atoms with Crippen molar-refractivity contribution in [3.8, 4) is 6.07 Å². The maximum Gasteiger partial charge on any atom is 0.137 e. The summed E-state index contributed by atoms with van der Waals surface area (Å²) >= 11 is 0. The molecule has 1 heterocycles. The first kappa shape index (κ1) is 14.7. The Morgan fingerprint density at radius 1 is 1.14 bits per heavy atom. The van der Waals surface area contributed by atoms with E-state index >= 15 is 0 Å². The Kier molecular flexibility index (Phi) is 4.21. The summed E-state index contributed by atoms with van der Waals surface area (Å²) in [4.78, 5) is 4.29. The van der Waals surface area contributed by atoms with E-state index in [4.69, 9.17) is 5.26 Å². The third-order valence-electron chi connectivity index (χ3n) is 4.59. The SMILES string of the molecule is N#Cc1ccc(C(c2ncn[nH]2)C2(O)CCCCCC2)cc1. The first-order valence-electron chi connectivity index (χ1n) is 7.81. The van der Waals surface area contributed by atoms with Gasteiger partial charge in [-0.15, -0.1) is 0 Å². The minimum atomic E-state index is -0.815. The lowest BCUT2D eigenvalue weighted by Gasteiger charge is -2.34. The van der Waals surface area contributed by atoms with E-state index in [1.807, 2.05) is 12.1 Å². The van der Waals surface area contributed by atoms with Crippen molar-refractivity contribution >= 4 is 0 Å². The number of benzene rings is 1. The van der Waals surface area contributed by atoms with Crippen LogP contribution in [0.4, 0.5) is 0 Å². The van der Waals surface area contributed by atoms with Gasteiger partial charge < -0.3 is 5.11 Å². The lowest BCUT2D eigenvalue weighted by atomic mass is 9.76. The molecule has 0 spiro atoms. The van der Waals surface area contributed by atoms with Crippen LogP contribution in [0.3, 0.4) is 0 Å². The van der Waals surface area contributed by atoms with Crippen molar-refractivity contribution in [1.82, 2.24) is 15.2 Å². The first-order valence-corrected chi connectivity index (χ1v) is 7.81. The fourth-order valence-corrected chi connectivity index (χ4v) is 3.46. The number of nitrogens with one attached hydrogen (secondary N) is 1. The van der Waals surface area contributed by atoms with Crippen molar-refractivity contribution in [1.29, 1.82) is 5.26 Å². The van der Waals surface area contributed by atoms with Crippen LogP contribution in [0.1, 0.15) is 61.4 Å². The third-order valence-corrected chi connectivity index (χ3v) is 4.59. The van der Waals surface area contributed by atoms with Gasteiger partial charge in [0.25, 0.3) is 0 Å². The summed E-state index contributed by atoms with van der Waals surface area (Å²) in [6.45, 7) is 0. The number of H-pyrrole nitrogens is 1. The number of nitriles is 1. The van der Waals surface area contributed by atoms with Crippen molar-refractivity contribution in [2.45, 2.75) is 50.0 Å². The predicted octanol–water partition coefficient (Wildman–Crippen LogP) is 2.89. The molecule has 1 aliphatic carbocycles. The molecule has 0 amide bonds. The average Bonchev–Trinajstić information content (AvgIpc) is 2.96. The summed E-state index contributed by atoms with van der Waals surface area (Å²) in [7, 11) is 0. The molecule has 0 aliphatic heterocycles. The number of aliphatic hydroxyl groups is 1. The van der Waals surface area contributed by atoms with E-state index < -0.39 is 5.60 Å². The van der Waals surface area contributed by atoms with Crippen molar-refractivity contribution in [3.63, 3.8) is 0 Å².